The Balaban J connectivity index is 1.50. The van der Waals surface area contributed by atoms with Crippen LogP contribution in [0.4, 0.5) is 0 Å². The lowest BCUT2D eigenvalue weighted by Crippen LogP contribution is -2.50. The number of hydrogen-bond acceptors (Lipinski definition) is 5. The Kier molecular flexibility index (Phi) is 8.95. The maximum absolute atomic E-state index is 12.2. The fourth-order valence-electron chi connectivity index (χ4n) is 4.76. The van der Waals surface area contributed by atoms with Crippen LogP contribution in [0.5, 0.6) is 0 Å². The number of aliphatic hydroxyl groups is 1. The molecule has 0 aromatic heterocycles. The average Bonchev–Trinajstić information content (AvgIpc) is 3.54. The zero-order chi connectivity index (χ0) is 24.2. The number of carbonyl (C=O) groups excluding carboxylic acids is 1. The summed E-state index contributed by atoms with van der Waals surface area (Å²) >= 11 is 0. The standard InChI is InChI=1S/C27H43NO5/c1-7-21-15-27(16-31-27)26(30)24(33-21)12-10-18(4)9-11-23-19(5)14-22(20(6)32-23)28-25(29)13-8-17(2)3/h8-10,12-13,17,19-24,26,30H,7,11,14-16H2,1-6H3,(H,28,29)/b12-10+,13-8-,18-9+/t19-,20+,21+,22+,23-,24+,26+,27+/m0/s1. The average molecular weight is 462 g/mol. The Hall–Kier alpha value is -1.47. The van der Waals surface area contributed by atoms with Crippen LogP contribution in [-0.2, 0) is 19.0 Å². The van der Waals surface area contributed by atoms with E-state index in [-0.39, 0.29) is 36.4 Å². The highest BCUT2D eigenvalue weighted by Crippen LogP contribution is 2.43. The Bertz CT molecular complexity index is 754. The lowest BCUT2D eigenvalue weighted by Gasteiger charge is -2.39. The molecule has 3 heterocycles. The summed E-state index contributed by atoms with van der Waals surface area (Å²) in [7, 11) is 0. The molecule has 0 aromatic rings. The minimum Gasteiger partial charge on any atom is -0.387 e. The van der Waals surface area contributed by atoms with Gasteiger partial charge in [0.2, 0.25) is 5.91 Å². The number of carbonyl (C=O) groups is 1. The predicted octanol–water partition coefficient (Wildman–Crippen LogP) is 4.09. The number of epoxide rings is 1. The minimum absolute atomic E-state index is 0.0268. The van der Waals surface area contributed by atoms with Crippen LogP contribution in [0.2, 0.25) is 0 Å². The molecule has 1 spiro atoms. The topological polar surface area (TPSA) is 80.3 Å². The number of ether oxygens (including phenoxy) is 3. The number of amides is 1. The molecular formula is C27H43NO5. The Morgan fingerprint density at radius 3 is 2.61 bits per heavy atom. The second-order valence-electron chi connectivity index (χ2n) is 10.5. The van der Waals surface area contributed by atoms with Crippen molar-refractivity contribution in [2.45, 2.75) is 109 Å². The van der Waals surface area contributed by atoms with Crippen LogP contribution in [0.3, 0.4) is 0 Å². The first-order valence-electron chi connectivity index (χ1n) is 12.6. The molecule has 3 aliphatic rings. The molecule has 3 aliphatic heterocycles. The second-order valence-corrected chi connectivity index (χ2v) is 10.5. The van der Waals surface area contributed by atoms with Gasteiger partial charge in [0.15, 0.2) is 0 Å². The third kappa shape index (κ3) is 7.01. The molecule has 2 N–H and O–H groups in total. The monoisotopic (exact) mass is 461 g/mol. The molecule has 0 aliphatic carbocycles. The zero-order valence-corrected chi connectivity index (χ0v) is 21.1. The highest BCUT2D eigenvalue weighted by atomic mass is 16.6. The van der Waals surface area contributed by atoms with Gasteiger partial charge in [0.1, 0.15) is 17.8 Å². The van der Waals surface area contributed by atoms with Gasteiger partial charge in [0.25, 0.3) is 0 Å². The summed E-state index contributed by atoms with van der Waals surface area (Å²) in [5.41, 5.74) is 0.719. The van der Waals surface area contributed by atoms with Crippen molar-refractivity contribution in [3.63, 3.8) is 0 Å². The van der Waals surface area contributed by atoms with E-state index in [1.54, 1.807) is 6.08 Å². The lowest BCUT2D eigenvalue weighted by atomic mass is 9.87. The molecule has 186 valence electrons. The molecule has 0 saturated carbocycles. The third-order valence-electron chi connectivity index (χ3n) is 7.14. The molecule has 0 bridgehead atoms. The van der Waals surface area contributed by atoms with E-state index in [1.807, 2.05) is 25.2 Å². The smallest absolute Gasteiger partial charge is 0.243 e. The normalized spacial score (nSPS) is 39.6. The molecule has 0 unspecified atom stereocenters. The van der Waals surface area contributed by atoms with Crippen molar-refractivity contribution in [1.82, 2.24) is 5.32 Å². The summed E-state index contributed by atoms with van der Waals surface area (Å²) < 4.78 is 17.9. The number of aliphatic hydroxyl groups excluding tert-OH is 1. The number of rotatable bonds is 8. The van der Waals surface area contributed by atoms with Crippen molar-refractivity contribution in [2.75, 3.05) is 6.61 Å². The van der Waals surface area contributed by atoms with E-state index in [1.165, 1.54) is 0 Å². The van der Waals surface area contributed by atoms with Gasteiger partial charge < -0.3 is 24.6 Å². The van der Waals surface area contributed by atoms with E-state index in [2.05, 4.69) is 46.0 Å². The third-order valence-corrected chi connectivity index (χ3v) is 7.14. The van der Waals surface area contributed by atoms with Crippen LogP contribution in [0.25, 0.3) is 0 Å². The van der Waals surface area contributed by atoms with Gasteiger partial charge in [-0.05, 0) is 51.0 Å². The van der Waals surface area contributed by atoms with Crippen LogP contribution < -0.4 is 5.32 Å². The Morgan fingerprint density at radius 1 is 1.24 bits per heavy atom. The van der Waals surface area contributed by atoms with E-state index in [0.29, 0.717) is 18.4 Å². The SMILES string of the molecule is CC[C@@H]1C[C@@]2(CO2)[C@H](O)[C@@H](/C=C/C(C)=C/C[C@@H]2O[C@H](C)[C@H](NC(=O)/C=C\C(C)C)C[C@@H]2C)O1. The first-order chi connectivity index (χ1) is 15.6. The number of hydrogen-bond donors (Lipinski definition) is 2. The van der Waals surface area contributed by atoms with E-state index >= 15 is 0 Å². The van der Waals surface area contributed by atoms with Gasteiger partial charge in [-0.1, -0.05) is 57.6 Å². The van der Waals surface area contributed by atoms with E-state index in [0.717, 1.165) is 31.3 Å². The molecule has 3 fully saturated rings. The van der Waals surface area contributed by atoms with Gasteiger partial charge in [-0.15, -0.1) is 0 Å². The molecular weight excluding hydrogens is 418 g/mol. The van der Waals surface area contributed by atoms with Gasteiger partial charge in [-0.2, -0.15) is 0 Å². The molecule has 6 nitrogen and oxygen atoms in total. The Morgan fingerprint density at radius 2 is 1.97 bits per heavy atom. The summed E-state index contributed by atoms with van der Waals surface area (Å²) in [6, 6.07) is 0.0268. The quantitative estimate of drug-likeness (QED) is 0.323. The zero-order valence-electron chi connectivity index (χ0n) is 21.1. The maximum Gasteiger partial charge on any atom is 0.243 e. The lowest BCUT2D eigenvalue weighted by molar-refractivity contribution is -0.133. The van der Waals surface area contributed by atoms with Crippen LogP contribution in [0.1, 0.15) is 67.2 Å². The summed E-state index contributed by atoms with van der Waals surface area (Å²) in [6.07, 6.45) is 12.4. The van der Waals surface area contributed by atoms with Crippen molar-refractivity contribution >= 4 is 5.91 Å². The van der Waals surface area contributed by atoms with E-state index < -0.39 is 11.7 Å². The van der Waals surface area contributed by atoms with Crippen LogP contribution in [0, 0.1) is 11.8 Å². The summed E-state index contributed by atoms with van der Waals surface area (Å²) in [4.78, 5) is 12.2. The second kappa shape index (κ2) is 11.3. The highest BCUT2D eigenvalue weighted by Gasteiger charge is 2.57. The van der Waals surface area contributed by atoms with Crippen LogP contribution in [-0.4, -0.2) is 59.8 Å². The van der Waals surface area contributed by atoms with Crippen LogP contribution in [0.15, 0.2) is 36.0 Å². The molecule has 0 aromatic carbocycles. The van der Waals surface area contributed by atoms with Crippen molar-refractivity contribution in [3.05, 3.63) is 36.0 Å². The van der Waals surface area contributed by atoms with E-state index in [9.17, 15) is 9.90 Å². The largest absolute Gasteiger partial charge is 0.387 e. The maximum atomic E-state index is 12.2. The van der Waals surface area contributed by atoms with Crippen molar-refractivity contribution < 1.29 is 24.1 Å². The molecule has 6 heteroatoms. The van der Waals surface area contributed by atoms with Gasteiger partial charge in [-0.25, -0.2) is 0 Å². The van der Waals surface area contributed by atoms with Crippen LogP contribution >= 0.6 is 0 Å². The van der Waals surface area contributed by atoms with Gasteiger partial charge >= 0.3 is 0 Å². The molecule has 3 rings (SSSR count). The molecule has 0 radical (unpaired) electrons. The number of nitrogens with one attached hydrogen (secondary N) is 1. The molecule has 33 heavy (non-hydrogen) atoms. The van der Waals surface area contributed by atoms with Gasteiger partial charge in [0, 0.05) is 6.42 Å². The fourth-order valence-corrected chi connectivity index (χ4v) is 4.76. The number of allylic oxidation sites excluding steroid dienone is 3. The predicted molar refractivity (Wildman–Crippen MR) is 130 cm³/mol. The summed E-state index contributed by atoms with van der Waals surface area (Å²) in [6.45, 7) is 13.1. The van der Waals surface area contributed by atoms with Gasteiger partial charge in [0.05, 0.1) is 31.0 Å². The van der Waals surface area contributed by atoms with Gasteiger partial charge in [-0.3, -0.25) is 4.79 Å². The van der Waals surface area contributed by atoms with Crippen molar-refractivity contribution in [3.8, 4) is 0 Å². The summed E-state index contributed by atoms with van der Waals surface area (Å²) in [5, 5.41) is 13.8. The molecule has 8 atom stereocenters. The van der Waals surface area contributed by atoms with Crippen molar-refractivity contribution in [2.24, 2.45) is 11.8 Å². The first kappa shape index (κ1) is 26.1. The Labute approximate surface area is 199 Å². The molecule has 3 saturated heterocycles. The minimum atomic E-state index is -0.616. The fraction of sp³-hybridized carbons (Fsp3) is 0.741. The van der Waals surface area contributed by atoms with E-state index in [4.69, 9.17) is 14.2 Å². The highest BCUT2D eigenvalue weighted by molar-refractivity contribution is 5.87. The summed E-state index contributed by atoms with van der Waals surface area (Å²) in [5.74, 6) is 0.646. The molecule has 1 amide bonds. The first-order valence-corrected chi connectivity index (χ1v) is 12.6. The van der Waals surface area contributed by atoms with Crippen molar-refractivity contribution in [1.29, 1.82) is 0 Å².